The Bertz CT molecular complexity index is 1240. The van der Waals surface area contributed by atoms with Crippen LogP contribution in [0.4, 0.5) is 11.4 Å². The fourth-order valence-corrected chi connectivity index (χ4v) is 3.38. The van der Waals surface area contributed by atoms with E-state index in [0.717, 1.165) is 12.1 Å². The van der Waals surface area contributed by atoms with Crippen LogP contribution >= 0.6 is 0 Å². The molecule has 3 N–H and O–H groups in total. The Morgan fingerprint density at radius 2 is 1.79 bits per heavy atom. The first kappa shape index (κ1) is 19.3. The molecule has 1 amide bonds. The molecule has 28 heavy (non-hydrogen) atoms. The van der Waals surface area contributed by atoms with Gasteiger partial charge in [-0.2, -0.15) is 8.42 Å². The van der Waals surface area contributed by atoms with E-state index in [9.17, 15) is 33.0 Å². The number of phenols is 1. The van der Waals surface area contributed by atoms with E-state index in [4.69, 9.17) is 0 Å². The smallest absolute Gasteiger partial charge is 0.296 e. The molecular formula is C18H14N2O7S. The van der Waals surface area contributed by atoms with E-state index in [1.54, 1.807) is 0 Å². The molecule has 0 spiro atoms. The number of anilines is 1. The third kappa shape index (κ3) is 3.77. The van der Waals surface area contributed by atoms with Crippen molar-refractivity contribution in [3.8, 4) is 5.75 Å². The van der Waals surface area contributed by atoms with E-state index in [2.05, 4.69) is 5.32 Å². The van der Waals surface area contributed by atoms with Gasteiger partial charge in [0.05, 0.1) is 10.6 Å². The number of benzene rings is 3. The van der Waals surface area contributed by atoms with E-state index in [1.807, 2.05) is 0 Å². The molecule has 0 bridgehead atoms. The van der Waals surface area contributed by atoms with Crippen LogP contribution in [0.25, 0.3) is 10.8 Å². The molecule has 9 nitrogen and oxygen atoms in total. The van der Waals surface area contributed by atoms with E-state index in [-0.39, 0.29) is 22.7 Å². The number of phenolic OH excluding ortho intramolecular Hbond substituents is 1. The summed E-state index contributed by atoms with van der Waals surface area (Å²) < 4.78 is 33.0. The molecule has 0 aliphatic rings. The molecular weight excluding hydrogens is 388 g/mol. The van der Waals surface area contributed by atoms with Gasteiger partial charge in [-0.05, 0) is 48.0 Å². The standard InChI is InChI=1S/C18H14N2O7S/c1-10-2-3-12(8-16(10)20(23)24)18(22)19-15-7-13-6-14(21)5-4-11(13)9-17(15)28(25,26)27/h2-9,21H,1H3,(H,19,22)(H,25,26,27). The van der Waals surface area contributed by atoms with Gasteiger partial charge in [-0.15, -0.1) is 0 Å². The quantitative estimate of drug-likeness (QED) is 0.345. The molecule has 144 valence electrons. The second-order valence-corrected chi connectivity index (χ2v) is 7.46. The Kier molecular flexibility index (Phi) is 4.75. The van der Waals surface area contributed by atoms with Gasteiger partial charge in [-0.25, -0.2) is 0 Å². The third-order valence-electron chi connectivity index (χ3n) is 4.12. The molecule has 0 saturated carbocycles. The van der Waals surface area contributed by atoms with Gasteiger partial charge in [0, 0.05) is 17.2 Å². The largest absolute Gasteiger partial charge is 0.508 e. The molecule has 3 aromatic rings. The minimum Gasteiger partial charge on any atom is -0.508 e. The first-order valence-corrected chi connectivity index (χ1v) is 9.31. The molecule has 0 heterocycles. The van der Waals surface area contributed by atoms with Crippen LogP contribution in [-0.4, -0.2) is 28.9 Å². The lowest BCUT2D eigenvalue weighted by atomic mass is 10.1. The van der Waals surface area contributed by atoms with Gasteiger partial charge in [-0.1, -0.05) is 12.1 Å². The summed E-state index contributed by atoms with van der Waals surface area (Å²) in [6.07, 6.45) is 0. The minimum atomic E-state index is -4.68. The monoisotopic (exact) mass is 402 g/mol. The van der Waals surface area contributed by atoms with Crippen LogP contribution in [0.1, 0.15) is 15.9 Å². The van der Waals surface area contributed by atoms with E-state index < -0.39 is 25.8 Å². The summed E-state index contributed by atoms with van der Waals surface area (Å²) in [5, 5.41) is 23.8. The Morgan fingerprint density at radius 3 is 2.43 bits per heavy atom. The number of nitro groups is 1. The lowest BCUT2D eigenvalue weighted by Gasteiger charge is -2.12. The van der Waals surface area contributed by atoms with Crippen LogP contribution in [-0.2, 0) is 10.1 Å². The number of nitrogens with one attached hydrogen (secondary N) is 1. The number of aryl methyl sites for hydroxylation is 1. The Morgan fingerprint density at radius 1 is 1.07 bits per heavy atom. The molecule has 3 rings (SSSR count). The number of hydrogen-bond donors (Lipinski definition) is 3. The molecule has 0 saturated heterocycles. The summed E-state index contributed by atoms with van der Waals surface area (Å²) in [6, 6.07) is 10.4. The summed E-state index contributed by atoms with van der Waals surface area (Å²) in [6.45, 7) is 1.52. The number of nitro benzene ring substituents is 1. The van der Waals surface area contributed by atoms with Crippen molar-refractivity contribution < 1.29 is 27.8 Å². The molecule has 0 aliphatic carbocycles. The molecule has 0 fully saturated rings. The number of rotatable bonds is 4. The van der Waals surface area contributed by atoms with Crippen LogP contribution in [0.3, 0.4) is 0 Å². The van der Waals surface area contributed by atoms with Crippen LogP contribution in [0, 0.1) is 17.0 Å². The maximum Gasteiger partial charge on any atom is 0.296 e. The van der Waals surface area contributed by atoms with Gasteiger partial charge in [0.1, 0.15) is 10.6 Å². The van der Waals surface area contributed by atoms with Crippen molar-refractivity contribution in [3.63, 3.8) is 0 Å². The average Bonchev–Trinajstić information content (AvgIpc) is 2.60. The molecule has 0 aliphatic heterocycles. The van der Waals surface area contributed by atoms with Crippen molar-refractivity contribution in [1.29, 1.82) is 0 Å². The SMILES string of the molecule is Cc1ccc(C(=O)Nc2cc3cc(O)ccc3cc2S(=O)(=O)O)cc1[N+](=O)[O-]. The predicted molar refractivity (Wildman–Crippen MR) is 101 cm³/mol. The fraction of sp³-hybridized carbons (Fsp3) is 0.0556. The molecule has 0 atom stereocenters. The van der Waals surface area contributed by atoms with Crippen LogP contribution < -0.4 is 5.32 Å². The van der Waals surface area contributed by atoms with Crippen molar-refractivity contribution in [1.82, 2.24) is 0 Å². The summed E-state index contributed by atoms with van der Waals surface area (Å²) in [4.78, 5) is 22.4. The lowest BCUT2D eigenvalue weighted by Crippen LogP contribution is -2.15. The fourth-order valence-electron chi connectivity index (χ4n) is 2.72. The van der Waals surface area contributed by atoms with E-state index in [0.29, 0.717) is 16.3 Å². The first-order chi connectivity index (χ1) is 13.1. The molecule has 3 aromatic carbocycles. The number of carbonyl (C=O) groups excluding carboxylic acids is 1. The second kappa shape index (κ2) is 6.91. The zero-order chi connectivity index (χ0) is 20.6. The number of nitrogens with zero attached hydrogens (tertiary/aromatic N) is 1. The van der Waals surface area contributed by atoms with Gasteiger partial charge in [-0.3, -0.25) is 19.5 Å². The highest BCUT2D eigenvalue weighted by Crippen LogP contribution is 2.30. The number of hydrogen-bond acceptors (Lipinski definition) is 6. The van der Waals surface area contributed by atoms with Gasteiger partial charge in [0.25, 0.3) is 21.7 Å². The molecule has 0 aromatic heterocycles. The Labute approximate surface area is 159 Å². The van der Waals surface area contributed by atoms with Crippen LogP contribution in [0.15, 0.2) is 53.4 Å². The summed E-state index contributed by atoms with van der Waals surface area (Å²) in [7, 11) is -4.68. The number of fused-ring (bicyclic) bond motifs is 1. The molecule has 0 unspecified atom stereocenters. The zero-order valence-electron chi connectivity index (χ0n) is 14.4. The zero-order valence-corrected chi connectivity index (χ0v) is 15.2. The van der Waals surface area contributed by atoms with E-state index >= 15 is 0 Å². The van der Waals surface area contributed by atoms with Crippen molar-refractivity contribution in [3.05, 3.63) is 69.8 Å². The van der Waals surface area contributed by atoms with Gasteiger partial charge >= 0.3 is 0 Å². The van der Waals surface area contributed by atoms with E-state index in [1.165, 1.54) is 43.3 Å². The highest BCUT2D eigenvalue weighted by atomic mass is 32.2. The summed E-state index contributed by atoms with van der Waals surface area (Å²) in [5.41, 5.74) is -0.184. The topological polar surface area (TPSA) is 147 Å². The average molecular weight is 402 g/mol. The predicted octanol–water partition coefficient (Wildman–Crippen LogP) is 3.26. The number of amides is 1. The second-order valence-electron chi connectivity index (χ2n) is 6.07. The highest BCUT2D eigenvalue weighted by Gasteiger charge is 2.21. The van der Waals surface area contributed by atoms with Crippen molar-refractivity contribution in [2.75, 3.05) is 5.32 Å². The Hall–Kier alpha value is -3.50. The van der Waals surface area contributed by atoms with Gasteiger partial charge < -0.3 is 10.4 Å². The Balaban J connectivity index is 2.09. The molecule has 0 radical (unpaired) electrons. The summed E-state index contributed by atoms with van der Waals surface area (Å²) in [5.74, 6) is -0.869. The maximum atomic E-state index is 12.5. The third-order valence-corrected chi connectivity index (χ3v) is 5.01. The van der Waals surface area contributed by atoms with Gasteiger partial charge in [0.15, 0.2) is 0 Å². The maximum absolute atomic E-state index is 12.5. The summed E-state index contributed by atoms with van der Waals surface area (Å²) >= 11 is 0. The number of carbonyl (C=O) groups is 1. The van der Waals surface area contributed by atoms with Crippen molar-refractivity contribution >= 4 is 38.2 Å². The molecule has 10 heteroatoms. The van der Waals surface area contributed by atoms with Crippen molar-refractivity contribution in [2.45, 2.75) is 11.8 Å². The highest BCUT2D eigenvalue weighted by molar-refractivity contribution is 7.86. The number of aromatic hydroxyl groups is 1. The van der Waals surface area contributed by atoms with Crippen LogP contribution in [0.5, 0.6) is 5.75 Å². The first-order valence-electron chi connectivity index (χ1n) is 7.87. The normalized spacial score (nSPS) is 11.4. The van der Waals surface area contributed by atoms with Crippen molar-refractivity contribution in [2.24, 2.45) is 0 Å². The van der Waals surface area contributed by atoms with Crippen LogP contribution in [0.2, 0.25) is 0 Å². The minimum absolute atomic E-state index is 0.0606. The lowest BCUT2D eigenvalue weighted by molar-refractivity contribution is -0.385. The van der Waals surface area contributed by atoms with Gasteiger partial charge in [0.2, 0.25) is 0 Å².